The van der Waals surface area contributed by atoms with Gasteiger partial charge in [0.05, 0.1) is 21.6 Å². The second kappa shape index (κ2) is 1.36. The van der Waals surface area contributed by atoms with Gasteiger partial charge in [-0.1, -0.05) is 12.8 Å². The van der Waals surface area contributed by atoms with Crippen LogP contribution in [0.4, 0.5) is 0 Å². The van der Waals surface area contributed by atoms with Crippen LogP contribution in [0, 0.1) is 0 Å². The van der Waals surface area contributed by atoms with Crippen LogP contribution in [0.25, 0.3) is 0 Å². The first-order valence-corrected chi connectivity index (χ1v) is 3.74. The Hall–Kier alpha value is 0.177. The molecule has 3 radical (unpaired) electrons. The summed E-state index contributed by atoms with van der Waals surface area (Å²) in [5.74, 6) is 0. The lowest BCUT2D eigenvalue weighted by Gasteiger charge is -2.09. The molecule has 0 aromatic carbocycles. The average Bonchev–Trinajstić information content (AvgIpc) is 2.39. The van der Waals surface area contributed by atoms with Crippen molar-refractivity contribution in [2.75, 3.05) is 0 Å². The maximum Gasteiger partial charge on any atom is 0.0830 e. The molecule has 1 aliphatic carbocycles. The fourth-order valence-electron chi connectivity index (χ4n) is 1.45. The molecule has 1 nitrogen and oxygen atoms in total. The van der Waals surface area contributed by atoms with Gasteiger partial charge in [-0.2, -0.15) is 0 Å². The van der Waals surface area contributed by atoms with Crippen molar-refractivity contribution in [3.8, 4) is 0 Å². The number of rotatable bonds is 0. The summed E-state index contributed by atoms with van der Waals surface area (Å²) in [6.45, 7) is 0. The number of hydrogen-bond acceptors (Lipinski definition) is 1. The normalized spacial score (nSPS) is 52.9. The highest BCUT2D eigenvalue weighted by atomic mass is 28.1. The van der Waals surface area contributed by atoms with E-state index in [1.54, 1.807) is 0 Å². The van der Waals surface area contributed by atoms with Gasteiger partial charge in [0, 0.05) is 0 Å². The van der Waals surface area contributed by atoms with E-state index in [1.165, 1.54) is 25.7 Å². The predicted molar refractivity (Wildman–Crippen MR) is 31.8 cm³/mol. The summed E-state index contributed by atoms with van der Waals surface area (Å²) in [7, 11) is 3.59. The van der Waals surface area contributed by atoms with Gasteiger partial charge >= 0.3 is 0 Å². The molecule has 2 atom stereocenters. The Bertz CT molecular complexity index is 113. The molecule has 1 saturated heterocycles. The third-order valence-corrected chi connectivity index (χ3v) is 2.77. The van der Waals surface area contributed by atoms with Crippen LogP contribution in [-0.2, 0) is 4.74 Å². The maximum absolute atomic E-state index is 5.38. The van der Waals surface area contributed by atoms with E-state index in [-0.39, 0.29) is 5.22 Å². The van der Waals surface area contributed by atoms with Gasteiger partial charge in [0.2, 0.25) is 0 Å². The smallest absolute Gasteiger partial charge is 0.0830 e. The van der Waals surface area contributed by atoms with Crippen LogP contribution in [0.15, 0.2) is 0 Å². The minimum absolute atomic E-state index is 0.151. The minimum Gasteiger partial charge on any atom is -0.371 e. The van der Waals surface area contributed by atoms with Gasteiger partial charge < -0.3 is 4.74 Å². The molecule has 2 unspecified atom stereocenters. The lowest BCUT2D eigenvalue weighted by molar-refractivity contribution is 0.352. The van der Waals surface area contributed by atoms with Crippen LogP contribution in [0.2, 0.25) is 0 Å². The Morgan fingerprint density at radius 3 is 2.88 bits per heavy atom. The first kappa shape index (κ1) is 5.00. The van der Waals surface area contributed by atoms with Crippen LogP contribution in [0.1, 0.15) is 25.7 Å². The Labute approximate surface area is 52.8 Å². The van der Waals surface area contributed by atoms with Crippen molar-refractivity contribution in [3.05, 3.63) is 0 Å². The Morgan fingerprint density at radius 1 is 1.50 bits per heavy atom. The summed E-state index contributed by atoms with van der Waals surface area (Å²) < 4.78 is 5.38. The second-order valence-electron chi connectivity index (χ2n) is 2.74. The molecule has 2 fully saturated rings. The van der Waals surface area contributed by atoms with E-state index in [0.29, 0.717) is 6.10 Å². The van der Waals surface area contributed by atoms with Crippen molar-refractivity contribution in [1.82, 2.24) is 0 Å². The zero-order chi connectivity index (χ0) is 5.61. The van der Waals surface area contributed by atoms with Gasteiger partial charge in [0.1, 0.15) is 0 Å². The van der Waals surface area contributed by atoms with E-state index in [4.69, 9.17) is 4.74 Å². The number of fused-ring (bicyclic) bond motifs is 1. The third-order valence-electron chi connectivity index (χ3n) is 2.08. The summed E-state index contributed by atoms with van der Waals surface area (Å²) in [6.07, 6.45) is 5.74. The number of epoxide rings is 1. The van der Waals surface area contributed by atoms with E-state index in [1.807, 2.05) is 0 Å². The molecule has 1 aliphatic heterocycles. The van der Waals surface area contributed by atoms with E-state index >= 15 is 0 Å². The zero-order valence-corrected chi connectivity index (χ0v) is 5.81. The molecule has 0 aromatic heterocycles. The molecule has 1 saturated carbocycles. The number of ether oxygens (including phenoxy) is 1. The van der Waals surface area contributed by atoms with Gasteiger partial charge in [0.15, 0.2) is 0 Å². The summed E-state index contributed by atoms with van der Waals surface area (Å²) >= 11 is 0. The molecule has 2 rings (SSSR count). The molecule has 0 bridgehead atoms. The molecule has 2 heteroatoms. The average molecular weight is 125 g/mol. The topological polar surface area (TPSA) is 12.5 Å². The van der Waals surface area contributed by atoms with Crippen LogP contribution < -0.4 is 0 Å². The molecular formula is C6H9OSi. The molecule has 0 amide bonds. The largest absolute Gasteiger partial charge is 0.371 e. The highest BCUT2D eigenvalue weighted by Gasteiger charge is 2.52. The van der Waals surface area contributed by atoms with Crippen LogP contribution in [0.5, 0.6) is 0 Å². The SMILES string of the molecule is [Si]C12CCCCC1O2. The van der Waals surface area contributed by atoms with Crippen molar-refractivity contribution < 1.29 is 4.74 Å². The minimum atomic E-state index is 0.151. The van der Waals surface area contributed by atoms with E-state index < -0.39 is 0 Å². The fraction of sp³-hybridized carbons (Fsp3) is 1.00. The summed E-state index contributed by atoms with van der Waals surface area (Å²) in [4.78, 5) is 0. The van der Waals surface area contributed by atoms with Crippen molar-refractivity contribution in [2.45, 2.75) is 37.0 Å². The summed E-state index contributed by atoms with van der Waals surface area (Å²) in [5.41, 5.74) is 0. The van der Waals surface area contributed by atoms with Gasteiger partial charge in [-0.15, -0.1) is 0 Å². The second-order valence-corrected chi connectivity index (χ2v) is 3.59. The first-order chi connectivity index (χ1) is 3.81. The Kier molecular flexibility index (Phi) is 0.852. The highest BCUT2D eigenvalue weighted by Crippen LogP contribution is 2.44. The molecule has 0 N–H and O–H groups in total. The molecule has 43 valence electrons. The van der Waals surface area contributed by atoms with Gasteiger partial charge in [-0.25, -0.2) is 0 Å². The van der Waals surface area contributed by atoms with Crippen LogP contribution in [0.3, 0.4) is 0 Å². The maximum atomic E-state index is 5.38. The van der Waals surface area contributed by atoms with Gasteiger partial charge in [-0.05, 0) is 12.8 Å². The molecule has 0 aromatic rings. The molecular weight excluding hydrogens is 116 g/mol. The van der Waals surface area contributed by atoms with E-state index in [9.17, 15) is 0 Å². The third kappa shape index (κ3) is 0.561. The molecule has 8 heavy (non-hydrogen) atoms. The van der Waals surface area contributed by atoms with Crippen molar-refractivity contribution in [3.63, 3.8) is 0 Å². The molecule has 2 aliphatic rings. The van der Waals surface area contributed by atoms with E-state index in [0.717, 1.165) is 0 Å². The Morgan fingerprint density at radius 2 is 2.38 bits per heavy atom. The Balaban J connectivity index is 2.04. The quantitative estimate of drug-likeness (QED) is 0.345. The fourth-order valence-corrected chi connectivity index (χ4v) is 1.91. The lowest BCUT2D eigenvalue weighted by Crippen LogP contribution is -2.18. The molecule has 0 spiro atoms. The van der Waals surface area contributed by atoms with Gasteiger partial charge in [-0.3, -0.25) is 0 Å². The number of hydrogen-bond donors (Lipinski definition) is 0. The monoisotopic (exact) mass is 125 g/mol. The predicted octanol–water partition coefficient (Wildman–Crippen LogP) is 0.824. The van der Waals surface area contributed by atoms with Crippen LogP contribution >= 0.6 is 0 Å². The first-order valence-electron chi connectivity index (χ1n) is 3.24. The summed E-state index contributed by atoms with van der Waals surface area (Å²) in [5, 5.41) is 0.151. The highest BCUT2D eigenvalue weighted by molar-refractivity contribution is 6.16. The standard InChI is InChI=1S/C6H9OSi/c8-6-4-2-1-3-5(6)7-6/h5H,1-4H2. The van der Waals surface area contributed by atoms with E-state index in [2.05, 4.69) is 10.2 Å². The summed E-state index contributed by atoms with van der Waals surface area (Å²) in [6, 6.07) is 0. The molecule has 1 heterocycles. The lowest BCUT2D eigenvalue weighted by atomic mass is 10.0. The zero-order valence-electron chi connectivity index (χ0n) is 4.81. The van der Waals surface area contributed by atoms with Gasteiger partial charge in [0.25, 0.3) is 0 Å². The van der Waals surface area contributed by atoms with Crippen molar-refractivity contribution in [2.24, 2.45) is 0 Å². The van der Waals surface area contributed by atoms with Crippen molar-refractivity contribution in [1.29, 1.82) is 0 Å². The van der Waals surface area contributed by atoms with Crippen LogP contribution in [-0.4, -0.2) is 21.6 Å². The van der Waals surface area contributed by atoms with Crippen molar-refractivity contribution >= 4 is 10.2 Å².